The lowest BCUT2D eigenvalue weighted by molar-refractivity contribution is -0.147. The van der Waals surface area contributed by atoms with Gasteiger partial charge >= 0.3 is 5.97 Å². The topological polar surface area (TPSA) is 45.3 Å². The van der Waals surface area contributed by atoms with Crippen molar-refractivity contribution in [2.75, 3.05) is 7.11 Å². The van der Waals surface area contributed by atoms with Crippen molar-refractivity contribution < 1.29 is 9.53 Å². The predicted molar refractivity (Wildman–Crippen MR) is 88.7 cm³/mol. The SMILES string of the molecule is COC(=O)[C@H](c1c[nH]c2ccccc12)N1Cc2ccccc2C1. The molecule has 0 aliphatic carbocycles. The monoisotopic (exact) mass is 306 g/mol. The lowest BCUT2D eigenvalue weighted by atomic mass is 10.0. The van der Waals surface area contributed by atoms with Crippen LogP contribution in [0, 0.1) is 0 Å². The van der Waals surface area contributed by atoms with E-state index in [0.29, 0.717) is 0 Å². The molecule has 3 aromatic rings. The van der Waals surface area contributed by atoms with Gasteiger partial charge in [0.05, 0.1) is 7.11 Å². The quantitative estimate of drug-likeness (QED) is 0.754. The number of ether oxygens (including phenoxy) is 1. The molecule has 1 aliphatic rings. The molecule has 4 rings (SSSR count). The average molecular weight is 306 g/mol. The van der Waals surface area contributed by atoms with E-state index in [9.17, 15) is 4.79 Å². The Balaban J connectivity index is 1.76. The van der Waals surface area contributed by atoms with E-state index in [1.54, 1.807) is 0 Å². The van der Waals surface area contributed by atoms with Crippen LogP contribution in [0.5, 0.6) is 0 Å². The van der Waals surface area contributed by atoms with Crippen molar-refractivity contribution >= 4 is 16.9 Å². The molecular formula is C19H18N2O2. The van der Waals surface area contributed by atoms with Crippen molar-refractivity contribution in [2.45, 2.75) is 19.1 Å². The Morgan fingerprint density at radius 1 is 1.09 bits per heavy atom. The van der Waals surface area contributed by atoms with Crippen LogP contribution in [0.3, 0.4) is 0 Å². The molecule has 0 bridgehead atoms. The summed E-state index contributed by atoms with van der Waals surface area (Å²) in [5.74, 6) is -0.220. The van der Waals surface area contributed by atoms with Gasteiger partial charge in [-0.3, -0.25) is 4.90 Å². The maximum Gasteiger partial charge on any atom is 0.327 e. The van der Waals surface area contributed by atoms with E-state index in [4.69, 9.17) is 4.74 Å². The summed E-state index contributed by atoms with van der Waals surface area (Å²) in [7, 11) is 1.45. The fourth-order valence-corrected chi connectivity index (χ4v) is 3.45. The number of carbonyl (C=O) groups is 1. The molecule has 116 valence electrons. The second-order valence-corrected chi connectivity index (χ2v) is 5.89. The van der Waals surface area contributed by atoms with Crippen LogP contribution in [0.2, 0.25) is 0 Å². The first-order valence-electron chi connectivity index (χ1n) is 7.72. The normalized spacial score (nSPS) is 15.5. The van der Waals surface area contributed by atoms with E-state index in [1.165, 1.54) is 18.2 Å². The highest BCUT2D eigenvalue weighted by molar-refractivity contribution is 5.89. The maximum atomic E-state index is 12.5. The number of benzene rings is 2. The van der Waals surface area contributed by atoms with Gasteiger partial charge in [-0.25, -0.2) is 4.79 Å². The Morgan fingerprint density at radius 2 is 1.74 bits per heavy atom. The number of methoxy groups -OCH3 is 1. The van der Waals surface area contributed by atoms with Crippen LogP contribution in [-0.4, -0.2) is 23.0 Å². The zero-order valence-electron chi connectivity index (χ0n) is 13.0. The molecule has 1 aromatic heterocycles. The van der Waals surface area contributed by atoms with Crippen LogP contribution in [0.1, 0.15) is 22.7 Å². The first-order chi connectivity index (χ1) is 11.3. The van der Waals surface area contributed by atoms with Gasteiger partial charge in [0.15, 0.2) is 0 Å². The molecule has 0 saturated carbocycles. The van der Waals surface area contributed by atoms with Crippen LogP contribution in [-0.2, 0) is 22.6 Å². The molecule has 0 unspecified atom stereocenters. The zero-order chi connectivity index (χ0) is 15.8. The number of aromatic nitrogens is 1. The van der Waals surface area contributed by atoms with Gasteiger partial charge in [0.1, 0.15) is 6.04 Å². The van der Waals surface area contributed by atoms with Gasteiger partial charge in [-0.2, -0.15) is 0 Å². The average Bonchev–Trinajstić information content (AvgIpc) is 3.19. The smallest absolute Gasteiger partial charge is 0.327 e. The van der Waals surface area contributed by atoms with Crippen LogP contribution in [0.25, 0.3) is 10.9 Å². The molecule has 4 nitrogen and oxygen atoms in total. The molecule has 4 heteroatoms. The Labute approximate surface area is 134 Å². The molecule has 0 radical (unpaired) electrons. The van der Waals surface area contributed by atoms with Gasteiger partial charge in [0, 0.05) is 35.8 Å². The van der Waals surface area contributed by atoms with Gasteiger partial charge in [-0.15, -0.1) is 0 Å². The number of rotatable bonds is 3. The highest BCUT2D eigenvalue weighted by Crippen LogP contribution is 2.35. The Bertz CT molecular complexity index is 843. The Kier molecular flexibility index (Phi) is 3.39. The van der Waals surface area contributed by atoms with Crippen LogP contribution < -0.4 is 0 Å². The summed E-state index contributed by atoms with van der Waals surface area (Å²) < 4.78 is 5.10. The minimum Gasteiger partial charge on any atom is -0.468 e. The second kappa shape index (κ2) is 5.56. The minimum atomic E-state index is -0.399. The maximum absolute atomic E-state index is 12.5. The van der Waals surface area contributed by atoms with Gasteiger partial charge in [-0.1, -0.05) is 42.5 Å². The van der Waals surface area contributed by atoms with Crippen molar-refractivity contribution in [3.8, 4) is 0 Å². The van der Waals surface area contributed by atoms with Crippen molar-refractivity contribution in [1.29, 1.82) is 0 Å². The number of H-pyrrole nitrogens is 1. The summed E-state index contributed by atoms with van der Waals surface area (Å²) in [5, 5.41) is 1.07. The van der Waals surface area contributed by atoms with Crippen molar-refractivity contribution in [3.63, 3.8) is 0 Å². The van der Waals surface area contributed by atoms with Gasteiger partial charge in [-0.05, 0) is 17.2 Å². The third-order valence-electron chi connectivity index (χ3n) is 4.57. The Hall–Kier alpha value is -2.59. The number of fused-ring (bicyclic) bond motifs is 2. The third-order valence-corrected chi connectivity index (χ3v) is 4.57. The fourth-order valence-electron chi connectivity index (χ4n) is 3.45. The summed E-state index contributed by atoms with van der Waals surface area (Å²) in [4.78, 5) is 17.9. The zero-order valence-corrected chi connectivity index (χ0v) is 13.0. The van der Waals surface area contributed by atoms with E-state index in [-0.39, 0.29) is 5.97 Å². The van der Waals surface area contributed by atoms with E-state index >= 15 is 0 Å². The molecule has 1 atom stereocenters. The summed E-state index contributed by atoms with van der Waals surface area (Å²) in [6.07, 6.45) is 1.93. The van der Waals surface area contributed by atoms with E-state index in [1.807, 2.05) is 42.6 Å². The highest BCUT2D eigenvalue weighted by Gasteiger charge is 2.34. The van der Waals surface area contributed by atoms with E-state index in [2.05, 4.69) is 22.0 Å². The molecule has 2 heterocycles. The number of carbonyl (C=O) groups excluding carboxylic acids is 1. The highest BCUT2D eigenvalue weighted by atomic mass is 16.5. The van der Waals surface area contributed by atoms with Crippen LogP contribution >= 0.6 is 0 Å². The molecule has 0 saturated heterocycles. The molecule has 1 N–H and O–H groups in total. The van der Waals surface area contributed by atoms with E-state index in [0.717, 1.165) is 29.6 Å². The summed E-state index contributed by atoms with van der Waals surface area (Å²) in [6.45, 7) is 1.52. The second-order valence-electron chi connectivity index (χ2n) is 5.89. The number of hydrogen-bond donors (Lipinski definition) is 1. The first kappa shape index (κ1) is 14.0. The molecule has 1 aliphatic heterocycles. The van der Waals surface area contributed by atoms with E-state index < -0.39 is 6.04 Å². The lowest BCUT2D eigenvalue weighted by Gasteiger charge is -2.25. The molecule has 0 fully saturated rings. The van der Waals surface area contributed by atoms with Gasteiger partial charge in [0.2, 0.25) is 0 Å². The Morgan fingerprint density at radius 3 is 2.43 bits per heavy atom. The number of esters is 1. The standard InChI is InChI=1S/C19H18N2O2/c1-23-19(22)18(16-10-20-17-9-5-4-8-15(16)17)21-11-13-6-2-3-7-14(13)12-21/h2-10,18,20H,11-12H2,1H3/t18-/m0/s1. The summed E-state index contributed by atoms with van der Waals surface area (Å²) in [5.41, 5.74) is 4.57. The van der Waals surface area contributed by atoms with Crippen LogP contribution in [0.15, 0.2) is 54.7 Å². The number of para-hydroxylation sites is 1. The van der Waals surface area contributed by atoms with Crippen LogP contribution in [0.4, 0.5) is 0 Å². The fraction of sp³-hybridized carbons (Fsp3) is 0.211. The number of aromatic amines is 1. The number of hydrogen-bond acceptors (Lipinski definition) is 3. The predicted octanol–water partition coefficient (Wildman–Crippen LogP) is 3.40. The van der Waals surface area contributed by atoms with Gasteiger partial charge in [0.25, 0.3) is 0 Å². The number of nitrogens with zero attached hydrogens (tertiary/aromatic N) is 1. The lowest BCUT2D eigenvalue weighted by Crippen LogP contribution is -2.30. The van der Waals surface area contributed by atoms with Crippen molar-refractivity contribution in [3.05, 3.63) is 71.4 Å². The van der Waals surface area contributed by atoms with Crippen molar-refractivity contribution in [1.82, 2.24) is 9.88 Å². The van der Waals surface area contributed by atoms with Crippen molar-refractivity contribution in [2.24, 2.45) is 0 Å². The summed E-state index contributed by atoms with van der Waals surface area (Å²) in [6, 6.07) is 16.0. The summed E-state index contributed by atoms with van der Waals surface area (Å²) >= 11 is 0. The largest absolute Gasteiger partial charge is 0.468 e. The molecule has 23 heavy (non-hydrogen) atoms. The first-order valence-corrected chi connectivity index (χ1v) is 7.72. The minimum absolute atomic E-state index is 0.220. The molecule has 0 amide bonds. The number of nitrogens with one attached hydrogen (secondary N) is 1. The molecule has 2 aromatic carbocycles. The third kappa shape index (κ3) is 2.32. The molecule has 0 spiro atoms. The van der Waals surface area contributed by atoms with Gasteiger partial charge < -0.3 is 9.72 Å². The molecular weight excluding hydrogens is 288 g/mol.